The van der Waals surface area contributed by atoms with Gasteiger partial charge in [0.1, 0.15) is 17.5 Å². The summed E-state index contributed by atoms with van der Waals surface area (Å²) in [6.07, 6.45) is 0. The van der Waals surface area contributed by atoms with Crippen molar-refractivity contribution in [1.29, 1.82) is 0 Å². The fourth-order valence-electron chi connectivity index (χ4n) is 9.31. The molecule has 4 aromatic carbocycles. The standard InChI is InChI=1S/C56H52ClF3N8.O.V/c1-53(2,3)41-37(29-21-13-17-25-33(29)57)45-61-49(41)63-46-39(31-23-15-19-27-35(31)59)43(55(7,8)9)51(65-46)67-48-40(32-24-16-20-28-36(32)60)44(56(10,11)12)52(68-48)66-47-38(30-22-14-18-26-34(30)58)42(54(4,5)6)50(62-45)64-47;;/h13-28H,1-12H3;;/q-2;;+2. The van der Waals surface area contributed by atoms with E-state index in [1.165, 1.54) is 18.2 Å². The summed E-state index contributed by atoms with van der Waals surface area (Å²) in [5.74, 6) is -0.685. The summed E-state index contributed by atoms with van der Waals surface area (Å²) < 4.78 is 57.4. The van der Waals surface area contributed by atoms with Crippen LogP contribution in [-0.2, 0) is 31.9 Å². The van der Waals surface area contributed by atoms with Crippen molar-refractivity contribution in [3.63, 3.8) is 0 Å². The minimum absolute atomic E-state index is 0.130. The van der Waals surface area contributed by atoms with E-state index in [0.717, 1.165) is 17.4 Å². The Morgan fingerprint density at radius 2 is 0.714 bits per heavy atom. The van der Waals surface area contributed by atoms with Crippen LogP contribution in [0.4, 0.5) is 13.2 Å². The maximum atomic E-state index is 16.4. The van der Waals surface area contributed by atoms with Crippen LogP contribution in [0.5, 0.6) is 0 Å². The molecule has 0 unspecified atom stereocenters. The van der Waals surface area contributed by atoms with Crippen molar-refractivity contribution >= 4 is 56.5 Å². The average molecular weight is 996 g/mol. The van der Waals surface area contributed by atoms with E-state index < -0.39 is 39.1 Å². The molecule has 5 heterocycles. The van der Waals surface area contributed by atoms with Crippen molar-refractivity contribution in [2.24, 2.45) is 10.8 Å². The number of halogens is 4. The number of hydrogen-bond donors (Lipinski definition) is 0. The number of allylic oxidation sites excluding steroid dienone is 2. The first-order chi connectivity index (χ1) is 32.9. The van der Waals surface area contributed by atoms with E-state index in [1.807, 2.05) is 86.6 Å². The van der Waals surface area contributed by atoms with Crippen LogP contribution >= 0.6 is 11.6 Å². The van der Waals surface area contributed by atoms with E-state index in [0.29, 0.717) is 55.1 Å². The van der Waals surface area contributed by atoms with Crippen molar-refractivity contribution in [2.75, 3.05) is 0 Å². The first-order valence-electron chi connectivity index (χ1n) is 22.8. The van der Waals surface area contributed by atoms with Crippen molar-refractivity contribution < 1.29 is 34.2 Å². The number of nitrogens with zero attached hydrogens (tertiary/aromatic N) is 8. The average Bonchev–Trinajstić information content (AvgIpc) is 4.02. The Hall–Kier alpha value is -6.34. The molecule has 14 heteroatoms. The molecule has 0 saturated heterocycles. The molecule has 0 atom stereocenters. The van der Waals surface area contributed by atoms with Gasteiger partial charge in [-0.2, -0.15) is 0 Å². The molecule has 0 saturated carbocycles. The SMILES string of the molecule is CC(C)(C)C1=C(c2ccccc2F)c2nc1nc1[n-]c(nc3nc(nc4[n-]c(n2)c(C(C)(C)C)c4-c2ccccc2Cl)C(C(C)(C)C)=C3c2ccccc2F)c(C(C)(C)C)c1-c1ccccc1F.[O]=[V+2]. The molecule has 8 bridgehead atoms. The summed E-state index contributed by atoms with van der Waals surface area (Å²) in [6.45, 7) is 24.2. The topological polar surface area (TPSA) is 123 Å². The van der Waals surface area contributed by atoms with E-state index in [2.05, 4.69) is 20.8 Å². The van der Waals surface area contributed by atoms with Gasteiger partial charge in [0, 0.05) is 72.1 Å². The number of benzene rings is 4. The summed E-state index contributed by atoms with van der Waals surface area (Å²) in [7, 11) is 0. The molecule has 0 amide bonds. The quantitative estimate of drug-likeness (QED) is 0.170. The molecule has 0 N–H and O–H groups in total. The Kier molecular flexibility index (Phi) is 13.2. The Morgan fingerprint density at radius 1 is 0.400 bits per heavy atom. The predicted octanol–water partition coefficient (Wildman–Crippen LogP) is 14.0. The van der Waals surface area contributed by atoms with Gasteiger partial charge in [-0.1, -0.05) is 167 Å². The monoisotopic (exact) mass is 995 g/mol. The summed E-state index contributed by atoms with van der Waals surface area (Å²) in [4.78, 5) is 42.0. The summed E-state index contributed by atoms with van der Waals surface area (Å²) in [5, 5.41) is 0.460. The van der Waals surface area contributed by atoms with Crippen molar-refractivity contribution in [3.05, 3.63) is 165 Å². The fraction of sp³-hybridized carbons (Fsp3) is 0.286. The fourth-order valence-corrected chi connectivity index (χ4v) is 9.54. The first-order valence-corrected chi connectivity index (χ1v) is 23.8. The first kappa shape index (κ1) is 50.1. The van der Waals surface area contributed by atoms with Crippen LogP contribution in [0.3, 0.4) is 0 Å². The van der Waals surface area contributed by atoms with Crippen molar-refractivity contribution in [2.45, 2.75) is 93.9 Å². The molecule has 9 rings (SSSR count). The normalized spacial score (nSPS) is 13.5. The second-order valence-electron chi connectivity index (χ2n) is 21.4. The third kappa shape index (κ3) is 9.13. The van der Waals surface area contributed by atoms with Crippen LogP contribution in [0.25, 0.3) is 67.1 Å². The molecular weight excluding hydrogens is 944 g/mol. The van der Waals surface area contributed by atoms with Crippen LogP contribution in [0.2, 0.25) is 5.02 Å². The molecule has 355 valence electrons. The van der Waals surface area contributed by atoms with Gasteiger partial charge < -0.3 is 29.9 Å². The predicted molar refractivity (Wildman–Crippen MR) is 268 cm³/mol. The number of fused-ring (bicyclic) bond motifs is 8. The Bertz CT molecular complexity index is 3250. The molecule has 0 fully saturated rings. The third-order valence-corrected chi connectivity index (χ3v) is 12.4. The molecule has 0 aliphatic carbocycles. The van der Waals surface area contributed by atoms with E-state index in [-0.39, 0.29) is 62.6 Å². The number of hydrogen-bond acceptors (Lipinski definition) is 7. The molecule has 2 aliphatic heterocycles. The van der Waals surface area contributed by atoms with Gasteiger partial charge in [-0.15, -0.1) is 0 Å². The van der Waals surface area contributed by atoms with Gasteiger partial charge in [-0.25, -0.2) is 23.1 Å². The number of rotatable bonds is 4. The molecule has 0 radical (unpaired) electrons. The zero-order valence-electron chi connectivity index (χ0n) is 41.2. The third-order valence-electron chi connectivity index (χ3n) is 12.1. The van der Waals surface area contributed by atoms with Crippen LogP contribution in [-0.4, -0.2) is 29.9 Å². The van der Waals surface area contributed by atoms with Crippen LogP contribution in [0.15, 0.2) is 97.1 Å². The maximum absolute atomic E-state index is 16.4. The molecular formula is C56H52ClF3N8OV. The van der Waals surface area contributed by atoms with E-state index in [4.69, 9.17) is 55.1 Å². The zero-order valence-corrected chi connectivity index (χ0v) is 43.3. The molecule has 70 heavy (non-hydrogen) atoms. The van der Waals surface area contributed by atoms with Crippen LogP contribution < -0.4 is 9.97 Å². The van der Waals surface area contributed by atoms with Crippen LogP contribution in [0, 0.1) is 28.3 Å². The van der Waals surface area contributed by atoms with Crippen molar-refractivity contribution in [1.82, 2.24) is 39.9 Å². The molecule has 3 aromatic heterocycles. The minimum atomic E-state index is -0.724. The second-order valence-corrected chi connectivity index (χ2v) is 21.8. The Labute approximate surface area is 420 Å². The van der Waals surface area contributed by atoms with Crippen molar-refractivity contribution in [3.8, 4) is 22.3 Å². The zero-order chi connectivity index (χ0) is 50.8. The Balaban J connectivity index is 0.00000325. The van der Waals surface area contributed by atoms with E-state index >= 15 is 13.2 Å². The molecule has 9 nitrogen and oxygen atoms in total. The van der Waals surface area contributed by atoms with Gasteiger partial charge in [0.15, 0.2) is 0 Å². The van der Waals surface area contributed by atoms with Crippen LogP contribution in [0.1, 0.15) is 129 Å². The van der Waals surface area contributed by atoms with E-state index in [1.54, 1.807) is 54.6 Å². The number of aromatic nitrogens is 8. The van der Waals surface area contributed by atoms with Gasteiger partial charge >= 0.3 is 21.0 Å². The molecule has 7 aromatic rings. The van der Waals surface area contributed by atoms with E-state index in [9.17, 15) is 0 Å². The Morgan fingerprint density at radius 3 is 1.06 bits per heavy atom. The van der Waals surface area contributed by atoms with Gasteiger partial charge in [-0.3, -0.25) is 0 Å². The van der Waals surface area contributed by atoms with Gasteiger partial charge in [-0.05, 0) is 68.2 Å². The molecule has 0 spiro atoms. The second kappa shape index (κ2) is 18.4. The summed E-state index contributed by atoms with van der Waals surface area (Å²) in [5.41, 5.74) is 3.86. The summed E-state index contributed by atoms with van der Waals surface area (Å²) in [6, 6.07) is 26.9. The van der Waals surface area contributed by atoms with Gasteiger partial charge in [0.25, 0.3) is 0 Å². The summed E-state index contributed by atoms with van der Waals surface area (Å²) >= 11 is 8.15. The van der Waals surface area contributed by atoms with Gasteiger partial charge in [0.2, 0.25) is 0 Å². The molecule has 2 aliphatic rings. The van der Waals surface area contributed by atoms with Gasteiger partial charge in [0.05, 0.1) is 23.3 Å².